The highest BCUT2D eigenvalue weighted by Crippen LogP contribution is 2.34. The molecule has 8 heteroatoms. The molecule has 4 aromatic rings. The van der Waals surface area contributed by atoms with Crippen LogP contribution in [0.2, 0.25) is 0 Å². The van der Waals surface area contributed by atoms with Gasteiger partial charge >= 0.3 is 0 Å². The van der Waals surface area contributed by atoms with Gasteiger partial charge in [-0.1, -0.05) is 68.4 Å². The fourth-order valence-corrected chi connectivity index (χ4v) is 5.05. The van der Waals surface area contributed by atoms with E-state index in [9.17, 15) is 4.79 Å². The minimum absolute atomic E-state index is 0.152. The van der Waals surface area contributed by atoms with Crippen LogP contribution in [0.25, 0.3) is 17.2 Å². The first-order valence-electron chi connectivity index (χ1n) is 13.3. The summed E-state index contributed by atoms with van der Waals surface area (Å²) in [6, 6.07) is 27.5. The van der Waals surface area contributed by atoms with Gasteiger partial charge in [0.1, 0.15) is 5.76 Å². The van der Waals surface area contributed by atoms with Gasteiger partial charge in [-0.05, 0) is 76.3 Å². The zero-order valence-corrected chi connectivity index (χ0v) is 24.0. The number of carbonyl (C=O) groups excluding carboxylic acids is 1. The van der Waals surface area contributed by atoms with Crippen LogP contribution in [0.15, 0.2) is 111 Å². The molecule has 0 saturated carbocycles. The molecule has 5 rings (SSSR count). The topological polar surface area (TPSA) is 76.6 Å². The predicted octanol–water partition coefficient (Wildman–Crippen LogP) is 7.50. The smallest absolute Gasteiger partial charge is 0.267 e. The zero-order valence-electron chi connectivity index (χ0n) is 23.2. The normalized spacial score (nSPS) is 15.5. The average molecular weight is 566 g/mol. The van der Waals surface area contributed by atoms with E-state index in [0.717, 1.165) is 22.3 Å². The van der Waals surface area contributed by atoms with Gasteiger partial charge in [-0.15, -0.1) is 5.10 Å². The fourth-order valence-electron chi connectivity index (χ4n) is 4.12. The van der Waals surface area contributed by atoms with Crippen molar-refractivity contribution in [2.45, 2.75) is 20.4 Å². The Kier molecular flexibility index (Phi) is 9.01. The number of carbonyl (C=O) groups is 1. The first kappa shape index (κ1) is 28.0. The number of benzene rings is 3. The highest BCUT2D eigenvalue weighted by Gasteiger charge is 2.34. The molecule has 0 unspecified atom stereocenters. The molecular weight excluding hydrogens is 534 g/mol. The Morgan fingerprint density at radius 2 is 1.68 bits per heavy atom. The van der Waals surface area contributed by atoms with Crippen LogP contribution in [0, 0.1) is 5.92 Å². The second-order valence-corrected chi connectivity index (χ2v) is 10.8. The van der Waals surface area contributed by atoms with Gasteiger partial charge in [-0.25, -0.2) is 0 Å². The quantitative estimate of drug-likeness (QED) is 0.113. The highest BCUT2D eigenvalue weighted by molar-refractivity contribution is 8.18. The molecule has 3 aromatic carbocycles. The Balaban J connectivity index is 1.36. The Labute approximate surface area is 244 Å². The number of amidine groups is 1. The highest BCUT2D eigenvalue weighted by atomic mass is 32.2. The maximum absolute atomic E-state index is 13.4. The van der Waals surface area contributed by atoms with E-state index < -0.39 is 0 Å². The second-order valence-electron chi connectivity index (χ2n) is 9.81. The summed E-state index contributed by atoms with van der Waals surface area (Å²) in [6.07, 6.45) is 5.09. The Hall–Kier alpha value is -4.56. The molecule has 41 heavy (non-hydrogen) atoms. The molecule has 7 nitrogen and oxygen atoms in total. The van der Waals surface area contributed by atoms with Crippen molar-refractivity contribution in [1.82, 2.24) is 4.90 Å². The van der Waals surface area contributed by atoms with Crippen LogP contribution < -0.4 is 9.47 Å². The number of rotatable bonds is 10. The molecule has 0 atom stereocenters. The summed E-state index contributed by atoms with van der Waals surface area (Å²) in [6.45, 7) is 5.04. The lowest BCUT2D eigenvalue weighted by molar-refractivity contribution is -0.122. The van der Waals surface area contributed by atoms with Gasteiger partial charge in [-0.3, -0.25) is 9.69 Å². The van der Waals surface area contributed by atoms with Gasteiger partial charge in [0.05, 0.1) is 37.6 Å². The number of hydrogen-bond acceptors (Lipinski definition) is 7. The number of amides is 1. The third-order valence-corrected chi connectivity index (χ3v) is 7.20. The van der Waals surface area contributed by atoms with E-state index in [2.05, 4.69) is 48.3 Å². The monoisotopic (exact) mass is 565 g/mol. The van der Waals surface area contributed by atoms with Crippen LogP contribution in [-0.2, 0) is 11.3 Å². The van der Waals surface area contributed by atoms with Crippen molar-refractivity contribution in [3.8, 4) is 22.6 Å². The maximum atomic E-state index is 13.4. The van der Waals surface area contributed by atoms with E-state index in [1.54, 1.807) is 30.6 Å². The van der Waals surface area contributed by atoms with E-state index in [-0.39, 0.29) is 12.5 Å². The Morgan fingerprint density at radius 1 is 0.927 bits per heavy atom. The van der Waals surface area contributed by atoms with Crippen LogP contribution in [0.1, 0.15) is 30.7 Å². The molecule has 0 aliphatic carbocycles. The number of ether oxygens (including phenoxy) is 2. The maximum Gasteiger partial charge on any atom is 0.267 e. The molecule has 0 radical (unpaired) electrons. The van der Waals surface area contributed by atoms with E-state index in [1.165, 1.54) is 11.8 Å². The molecule has 1 fully saturated rings. The van der Waals surface area contributed by atoms with Crippen molar-refractivity contribution >= 4 is 35.1 Å². The average Bonchev–Trinajstić information content (AvgIpc) is 3.61. The summed E-state index contributed by atoms with van der Waals surface area (Å²) in [4.78, 5) is 15.6. The van der Waals surface area contributed by atoms with Gasteiger partial charge in [-0.2, -0.15) is 5.10 Å². The summed E-state index contributed by atoms with van der Waals surface area (Å²) in [5.41, 5.74) is 3.98. The second kappa shape index (κ2) is 13.2. The number of furan rings is 1. The van der Waals surface area contributed by atoms with Gasteiger partial charge in [0, 0.05) is 0 Å². The molecule has 208 valence electrons. The molecule has 1 aliphatic rings. The molecule has 2 heterocycles. The van der Waals surface area contributed by atoms with Gasteiger partial charge in [0.2, 0.25) is 0 Å². The molecule has 0 N–H and O–H groups in total. The van der Waals surface area contributed by atoms with Crippen LogP contribution in [-0.4, -0.2) is 35.9 Å². The van der Waals surface area contributed by atoms with Gasteiger partial charge < -0.3 is 13.9 Å². The van der Waals surface area contributed by atoms with Crippen LogP contribution in [0.4, 0.5) is 0 Å². The molecule has 0 bridgehead atoms. The van der Waals surface area contributed by atoms with Crippen molar-refractivity contribution < 1.29 is 18.7 Å². The summed E-state index contributed by atoms with van der Waals surface area (Å²) < 4.78 is 16.8. The van der Waals surface area contributed by atoms with Gasteiger partial charge in [0.15, 0.2) is 16.7 Å². The van der Waals surface area contributed by atoms with E-state index in [1.807, 2.05) is 60.7 Å². The largest absolute Gasteiger partial charge is 0.493 e. The predicted molar refractivity (Wildman–Crippen MR) is 165 cm³/mol. The van der Waals surface area contributed by atoms with Crippen LogP contribution in [0.3, 0.4) is 0 Å². The lowest BCUT2D eigenvalue weighted by atomic mass is 10.0. The molecule has 0 spiro atoms. The number of nitrogens with zero attached hydrogens (tertiary/aromatic N) is 3. The Morgan fingerprint density at radius 3 is 2.39 bits per heavy atom. The Bertz CT molecular complexity index is 1560. The number of thioether (sulfide) groups is 1. The van der Waals surface area contributed by atoms with E-state index in [0.29, 0.717) is 39.9 Å². The third-order valence-electron chi connectivity index (χ3n) is 6.21. The van der Waals surface area contributed by atoms with Crippen molar-refractivity contribution in [3.05, 3.63) is 113 Å². The lowest BCUT2D eigenvalue weighted by Gasteiger charge is -2.13. The third kappa shape index (κ3) is 7.15. The van der Waals surface area contributed by atoms with Crippen molar-refractivity contribution in [2.75, 3.05) is 13.7 Å². The summed E-state index contributed by atoms with van der Waals surface area (Å²) in [5, 5.41) is 9.18. The fraction of sp³-hybridized carbons (Fsp3) is 0.182. The minimum Gasteiger partial charge on any atom is -0.493 e. The lowest BCUT2D eigenvalue weighted by Crippen LogP contribution is -2.28. The van der Waals surface area contributed by atoms with Gasteiger partial charge in [0.25, 0.3) is 5.91 Å². The number of methoxy groups -OCH3 is 1. The molecular formula is C33H31N3O4S. The number of hydrogen-bond donors (Lipinski definition) is 0. The standard InChI is InChI=1S/C33H31N3O4S/c1-23(2)22-40-29-16-13-25(18-30(29)38-3)20-34-35-33-36(21-28-10-7-17-39-28)32(37)31(41-33)19-24-11-14-27(15-12-24)26-8-5-4-6-9-26/h4-20,23H,21-22H2,1-3H3/b31-19-,34-20+,35-33-. The zero-order chi connectivity index (χ0) is 28.6. The molecule has 1 aliphatic heterocycles. The molecule has 1 amide bonds. The minimum atomic E-state index is -0.152. The molecule has 1 saturated heterocycles. The van der Waals surface area contributed by atoms with E-state index >= 15 is 0 Å². The van der Waals surface area contributed by atoms with Crippen molar-refractivity contribution in [3.63, 3.8) is 0 Å². The summed E-state index contributed by atoms with van der Waals surface area (Å²) in [7, 11) is 1.61. The summed E-state index contributed by atoms with van der Waals surface area (Å²) in [5.74, 6) is 2.21. The van der Waals surface area contributed by atoms with Crippen molar-refractivity contribution in [2.24, 2.45) is 16.1 Å². The van der Waals surface area contributed by atoms with Crippen LogP contribution >= 0.6 is 11.8 Å². The SMILES string of the molecule is COc1cc(/C=N/N=C2\S/C(=C\c3ccc(-c4ccccc4)cc3)C(=O)N2Cc2ccco2)ccc1OCC(C)C. The first-order valence-corrected chi connectivity index (χ1v) is 14.1. The summed E-state index contributed by atoms with van der Waals surface area (Å²) >= 11 is 1.29. The first-order chi connectivity index (χ1) is 20.0. The van der Waals surface area contributed by atoms with E-state index in [4.69, 9.17) is 13.9 Å². The molecule has 1 aromatic heterocycles. The van der Waals surface area contributed by atoms with Crippen LogP contribution in [0.5, 0.6) is 11.5 Å². The van der Waals surface area contributed by atoms with Crippen molar-refractivity contribution in [1.29, 1.82) is 0 Å².